The Kier molecular flexibility index (Phi) is 9.20. The molecule has 5 aromatic heterocycles. The molecule has 11 aromatic carbocycles. The molecule has 0 fully saturated rings. The van der Waals surface area contributed by atoms with Crippen molar-refractivity contribution in [2.75, 3.05) is 0 Å². The van der Waals surface area contributed by atoms with E-state index in [0.717, 1.165) is 105 Å². The number of hydrogen-bond donors (Lipinski definition) is 0. The first kappa shape index (κ1) is 42.2. The van der Waals surface area contributed by atoms with Crippen LogP contribution in [0.15, 0.2) is 261 Å². The zero-order chi connectivity index (χ0) is 49.8. The highest BCUT2D eigenvalue weighted by Crippen LogP contribution is 2.51. The molecule has 354 valence electrons. The average molecular weight is 970 g/mol. The SMILES string of the molecule is c1ccc(-c2nc(-c3ccccc3)nc(-c3cc(-n4c5ccccc5c5ccccc54)ccc3-n3c4ccccc4c4c5c(c6ccccc6n5-c5ccccc5)c5c(c6ccccc6n5-c5ccccc5)c43)n2)cc1. The van der Waals surface area contributed by atoms with E-state index in [9.17, 15) is 0 Å². The van der Waals surface area contributed by atoms with Gasteiger partial charge in [0.2, 0.25) is 0 Å². The van der Waals surface area contributed by atoms with Crippen LogP contribution < -0.4 is 0 Å². The molecule has 0 saturated heterocycles. The molecule has 0 bridgehead atoms. The maximum atomic E-state index is 5.51. The number of fused-ring (bicyclic) bond motifs is 15. The van der Waals surface area contributed by atoms with Crippen molar-refractivity contribution in [3.63, 3.8) is 0 Å². The van der Waals surface area contributed by atoms with E-state index in [0.29, 0.717) is 17.5 Å². The lowest BCUT2D eigenvalue weighted by Crippen LogP contribution is -2.05. The summed E-state index contributed by atoms with van der Waals surface area (Å²) in [4.78, 5) is 16.2. The zero-order valence-corrected chi connectivity index (χ0v) is 41.0. The molecule has 0 spiro atoms. The molecule has 76 heavy (non-hydrogen) atoms. The second-order valence-corrected chi connectivity index (χ2v) is 19.5. The summed E-state index contributed by atoms with van der Waals surface area (Å²) in [6.07, 6.45) is 0. The van der Waals surface area contributed by atoms with Crippen molar-refractivity contribution in [3.8, 4) is 56.9 Å². The topological polar surface area (TPSA) is 58.4 Å². The summed E-state index contributed by atoms with van der Waals surface area (Å²) in [5, 5.41) is 9.41. The predicted molar refractivity (Wildman–Crippen MR) is 313 cm³/mol. The first-order chi connectivity index (χ1) is 37.8. The van der Waals surface area contributed by atoms with Gasteiger partial charge in [0.25, 0.3) is 0 Å². The molecular formula is C69H43N7. The Morgan fingerprint density at radius 3 is 1.00 bits per heavy atom. The fourth-order valence-corrected chi connectivity index (χ4v) is 12.3. The van der Waals surface area contributed by atoms with Crippen LogP contribution in [-0.2, 0) is 0 Å². The highest BCUT2D eigenvalue weighted by atomic mass is 15.1. The number of nitrogens with zero attached hydrogens (tertiary/aromatic N) is 7. The van der Waals surface area contributed by atoms with Crippen molar-refractivity contribution < 1.29 is 0 Å². The molecular weight excluding hydrogens is 927 g/mol. The molecule has 0 amide bonds. The van der Waals surface area contributed by atoms with Crippen molar-refractivity contribution in [2.24, 2.45) is 0 Å². The van der Waals surface area contributed by atoms with E-state index >= 15 is 0 Å². The number of aromatic nitrogens is 7. The third kappa shape index (κ3) is 6.14. The van der Waals surface area contributed by atoms with Crippen LogP contribution in [0.25, 0.3) is 144 Å². The van der Waals surface area contributed by atoms with Crippen molar-refractivity contribution in [1.29, 1.82) is 0 Å². The molecule has 0 aliphatic rings. The van der Waals surface area contributed by atoms with E-state index in [1.165, 1.54) is 21.5 Å². The highest BCUT2D eigenvalue weighted by molar-refractivity contribution is 6.40. The van der Waals surface area contributed by atoms with Gasteiger partial charge in [0.15, 0.2) is 17.5 Å². The first-order valence-corrected chi connectivity index (χ1v) is 25.8. The third-order valence-corrected chi connectivity index (χ3v) is 15.4. The van der Waals surface area contributed by atoms with Gasteiger partial charge in [0.05, 0.1) is 49.8 Å². The molecule has 7 heteroatoms. The Morgan fingerprint density at radius 2 is 0.566 bits per heavy atom. The minimum Gasteiger partial charge on any atom is -0.309 e. The Labute approximate surface area is 436 Å². The molecule has 16 rings (SSSR count). The lowest BCUT2D eigenvalue weighted by molar-refractivity contribution is 1.06. The van der Waals surface area contributed by atoms with Gasteiger partial charge in [0.1, 0.15) is 0 Å². The number of rotatable bonds is 7. The second kappa shape index (κ2) is 16.6. The van der Waals surface area contributed by atoms with Crippen LogP contribution in [0, 0.1) is 0 Å². The summed E-state index contributed by atoms with van der Waals surface area (Å²) in [5.74, 6) is 1.77. The van der Waals surface area contributed by atoms with E-state index in [1.54, 1.807) is 0 Å². The van der Waals surface area contributed by atoms with Gasteiger partial charge in [-0.25, -0.2) is 15.0 Å². The van der Waals surface area contributed by atoms with Gasteiger partial charge < -0.3 is 18.3 Å². The molecule has 0 aliphatic carbocycles. The van der Waals surface area contributed by atoms with Crippen LogP contribution in [0.2, 0.25) is 0 Å². The van der Waals surface area contributed by atoms with Crippen molar-refractivity contribution >= 4 is 87.2 Å². The van der Waals surface area contributed by atoms with Gasteiger partial charge in [0, 0.05) is 76.8 Å². The summed E-state index contributed by atoms with van der Waals surface area (Å²) in [7, 11) is 0. The number of hydrogen-bond acceptors (Lipinski definition) is 3. The summed E-state index contributed by atoms with van der Waals surface area (Å²) in [5.41, 5.74) is 15.8. The quantitative estimate of drug-likeness (QED) is 0.160. The fourth-order valence-electron chi connectivity index (χ4n) is 12.3. The summed E-state index contributed by atoms with van der Waals surface area (Å²) in [6.45, 7) is 0. The molecule has 0 saturated carbocycles. The molecule has 0 unspecified atom stereocenters. The van der Waals surface area contributed by atoms with Crippen LogP contribution in [0.1, 0.15) is 0 Å². The maximum Gasteiger partial charge on any atom is 0.166 e. The standard InChI is InChI=1S/C69H43N7/c1-5-23-44(24-6-1)67-70-68(45-25-7-2-8-26-45)72-69(71-67)54-43-48(73-55-36-18-13-31-49(55)50-32-14-19-37-56(50)73)41-42-60(54)76-59-40-22-17-35-53(59)63-65-61(51-33-15-20-38-57(51)74(65)46-27-9-3-10-28-46)64-62(66(63)76)52-34-16-21-39-58(52)75(64)47-29-11-4-12-30-47/h1-43H. The maximum absolute atomic E-state index is 5.51. The molecule has 0 N–H and O–H groups in total. The second-order valence-electron chi connectivity index (χ2n) is 19.5. The Bertz CT molecular complexity index is 4790. The zero-order valence-electron chi connectivity index (χ0n) is 41.0. The lowest BCUT2D eigenvalue weighted by atomic mass is 10.0. The summed E-state index contributed by atoms with van der Waals surface area (Å²) < 4.78 is 9.88. The molecule has 16 aromatic rings. The third-order valence-electron chi connectivity index (χ3n) is 15.4. The molecule has 0 atom stereocenters. The normalized spacial score (nSPS) is 11.9. The summed E-state index contributed by atoms with van der Waals surface area (Å²) >= 11 is 0. The van der Waals surface area contributed by atoms with E-state index < -0.39 is 0 Å². The van der Waals surface area contributed by atoms with Gasteiger partial charge >= 0.3 is 0 Å². The minimum atomic E-state index is 0.568. The number of para-hydroxylation sites is 7. The van der Waals surface area contributed by atoms with Crippen LogP contribution >= 0.6 is 0 Å². The van der Waals surface area contributed by atoms with Crippen molar-refractivity contribution in [1.82, 2.24) is 33.2 Å². The van der Waals surface area contributed by atoms with Gasteiger partial charge in [-0.15, -0.1) is 0 Å². The van der Waals surface area contributed by atoms with Crippen LogP contribution in [-0.4, -0.2) is 33.2 Å². The van der Waals surface area contributed by atoms with Gasteiger partial charge in [-0.3, -0.25) is 0 Å². The first-order valence-electron chi connectivity index (χ1n) is 25.8. The fraction of sp³-hybridized carbons (Fsp3) is 0. The largest absolute Gasteiger partial charge is 0.309 e. The Hall–Kier alpha value is -10.4. The predicted octanol–water partition coefficient (Wildman–Crippen LogP) is 17.3. The van der Waals surface area contributed by atoms with Gasteiger partial charge in [-0.2, -0.15) is 0 Å². The average Bonchev–Trinajstić information content (AvgIpc) is 4.40. The number of benzene rings is 11. The molecule has 0 radical (unpaired) electrons. The monoisotopic (exact) mass is 969 g/mol. The van der Waals surface area contributed by atoms with E-state index in [4.69, 9.17) is 15.0 Å². The van der Waals surface area contributed by atoms with Gasteiger partial charge in [-0.05, 0) is 72.8 Å². The van der Waals surface area contributed by atoms with Crippen LogP contribution in [0.5, 0.6) is 0 Å². The Morgan fingerprint density at radius 1 is 0.237 bits per heavy atom. The van der Waals surface area contributed by atoms with Crippen molar-refractivity contribution in [3.05, 3.63) is 261 Å². The van der Waals surface area contributed by atoms with Crippen molar-refractivity contribution in [2.45, 2.75) is 0 Å². The molecule has 0 aliphatic heterocycles. The van der Waals surface area contributed by atoms with E-state index in [-0.39, 0.29) is 0 Å². The summed E-state index contributed by atoms with van der Waals surface area (Å²) in [6, 6.07) is 93.3. The smallest absolute Gasteiger partial charge is 0.166 e. The van der Waals surface area contributed by atoms with E-state index in [1.807, 2.05) is 36.4 Å². The van der Waals surface area contributed by atoms with Crippen LogP contribution in [0.3, 0.4) is 0 Å². The van der Waals surface area contributed by atoms with Crippen LogP contribution in [0.4, 0.5) is 0 Å². The molecule has 5 heterocycles. The highest BCUT2D eigenvalue weighted by Gasteiger charge is 2.30. The molecule has 7 nitrogen and oxygen atoms in total. The van der Waals surface area contributed by atoms with E-state index in [2.05, 4.69) is 243 Å². The minimum absolute atomic E-state index is 0.568. The lowest BCUT2D eigenvalue weighted by Gasteiger charge is -2.18. The Balaban J connectivity index is 1.13. The van der Waals surface area contributed by atoms with Gasteiger partial charge in [-0.1, -0.05) is 188 Å².